The van der Waals surface area contributed by atoms with Gasteiger partial charge in [0.25, 0.3) is 5.91 Å². The SMILES string of the molecule is CCN(CC)CCOCCNC(=O)c1c(F)cccc1Cl. The molecule has 0 radical (unpaired) electrons. The number of halogens is 2. The normalized spacial score (nSPS) is 10.9. The van der Waals surface area contributed by atoms with Crippen LogP contribution in [0.2, 0.25) is 5.02 Å². The minimum absolute atomic E-state index is 0.106. The quantitative estimate of drug-likeness (QED) is 0.712. The molecule has 1 aromatic rings. The summed E-state index contributed by atoms with van der Waals surface area (Å²) in [4.78, 5) is 14.1. The van der Waals surface area contributed by atoms with Crippen LogP contribution >= 0.6 is 11.6 Å². The smallest absolute Gasteiger partial charge is 0.255 e. The maximum absolute atomic E-state index is 13.5. The summed E-state index contributed by atoms with van der Waals surface area (Å²) in [7, 11) is 0. The van der Waals surface area contributed by atoms with Crippen molar-refractivity contribution in [1.29, 1.82) is 0 Å². The summed E-state index contributed by atoms with van der Waals surface area (Å²) >= 11 is 5.82. The predicted molar refractivity (Wildman–Crippen MR) is 82.4 cm³/mol. The number of nitrogens with zero attached hydrogens (tertiary/aromatic N) is 1. The van der Waals surface area contributed by atoms with E-state index in [9.17, 15) is 9.18 Å². The van der Waals surface area contributed by atoms with Gasteiger partial charge in [-0.1, -0.05) is 31.5 Å². The van der Waals surface area contributed by atoms with Gasteiger partial charge in [-0.2, -0.15) is 0 Å². The summed E-state index contributed by atoms with van der Waals surface area (Å²) < 4.78 is 18.9. The zero-order valence-corrected chi connectivity index (χ0v) is 13.3. The van der Waals surface area contributed by atoms with Gasteiger partial charge >= 0.3 is 0 Å². The molecule has 0 aliphatic rings. The molecule has 0 spiro atoms. The Bertz CT molecular complexity index is 433. The monoisotopic (exact) mass is 316 g/mol. The molecule has 0 heterocycles. The minimum atomic E-state index is -0.623. The minimum Gasteiger partial charge on any atom is -0.378 e. The summed E-state index contributed by atoms with van der Waals surface area (Å²) in [6, 6.07) is 4.16. The first kappa shape index (κ1) is 17.9. The summed E-state index contributed by atoms with van der Waals surface area (Å²) in [5.74, 6) is -1.15. The van der Waals surface area contributed by atoms with Crippen LogP contribution in [0.15, 0.2) is 18.2 Å². The first-order valence-corrected chi connectivity index (χ1v) is 7.50. The zero-order valence-electron chi connectivity index (χ0n) is 12.5. The van der Waals surface area contributed by atoms with Gasteiger partial charge < -0.3 is 15.0 Å². The van der Waals surface area contributed by atoms with E-state index in [0.29, 0.717) is 19.8 Å². The molecule has 0 aliphatic carbocycles. The van der Waals surface area contributed by atoms with E-state index in [1.54, 1.807) is 0 Å². The topological polar surface area (TPSA) is 41.6 Å². The Kier molecular flexibility index (Phi) is 8.27. The van der Waals surface area contributed by atoms with Gasteiger partial charge in [0.05, 0.1) is 23.8 Å². The molecule has 0 saturated heterocycles. The Labute approximate surface area is 130 Å². The van der Waals surface area contributed by atoms with Crippen molar-refractivity contribution in [2.24, 2.45) is 0 Å². The third-order valence-corrected chi connectivity index (χ3v) is 3.48. The molecule has 21 heavy (non-hydrogen) atoms. The lowest BCUT2D eigenvalue weighted by molar-refractivity contribution is 0.0881. The second kappa shape index (κ2) is 9.71. The highest BCUT2D eigenvalue weighted by Gasteiger charge is 2.14. The molecule has 1 N–H and O–H groups in total. The number of amides is 1. The van der Waals surface area contributed by atoms with Crippen LogP contribution in [-0.4, -0.2) is 50.2 Å². The average molecular weight is 317 g/mol. The van der Waals surface area contributed by atoms with E-state index < -0.39 is 11.7 Å². The molecule has 0 atom stereocenters. The maximum atomic E-state index is 13.5. The van der Waals surface area contributed by atoms with Gasteiger partial charge in [0.2, 0.25) is 0 Å². The molecular weight excluding hydrogens is 295 g/mol. The lowest BCUT2D eigenvalue weighted by Crippen LogP contribution is -2.30. The Hall–Kier alpha value is -1.17. The first-order valence-electron chi connectivity index (χ1n) is 7.12. The van der Waals surface area contributed by atoms with Gasteiger partial charge in [-0.05, 0) is 25.2 Å². The summed E-state index contributed by atoms with van der Waals surface area (Å²) in [6.45, 7) is 8.35. The molecule has 0 fully saturated rings. The number of carbonyl (C=O) groups is 1. The standard InChI is InChI=1S/C15H22ClFN2O2/c1-3-19(4-2)9-11-21-10-8-18-15(20)14-12(16)6-5-7-13(14)17/h5-7H,3-4,8-11H2,1-2H3,(H,18,20). The molecule has 118 valence electrons. The fourth-order valence-corrected chi connectivity index (χ4v) is 2.12. The van der Waals surface area contributed by atoms with Crippen molar-refractivity contribution in [1.82, 2.24) is 10.2 Å². The Morgan fingerprint density at radius 3 is 2.67 bits per heavy atom. The van der Waals surface area contributed by atoms with Crippen LogP contribution in [0.4, 0.5) is 4.39 Å². The maximum Gasteiger partial charge on any atom is 0.255 e. The number of likely N-dealkylation sites (N-methyl/N-ethyl adjacent to an activating group) is 1. The van der Waals surface area contributed by atoms with Gasteiger partial charge in [-0.3, -0.25) is 4.79 Å². The van der Waals surface area contributed by atoms with Crippen molar-refractivity contribution in [2.45, 2.75) is 13.8 Å². The Morgan fingerprint density at radius 1 is 1.33 bits per heavy atom. The van der Waals surface area contributed by atoms with Crippen LogP contribution in [0.1, 0.15) is 24.2 Å². The van der Waals surface area contributed by atoms with Crippen molar-refractivity contribution in [3.05, 3.63) is 34.6 Å². The molecule has 0 bridgehead atoms. The highest BCUT2D eigenvalue weighted by molar-refractivity contribution is 6.33. The molecule has 6 heteroatoms. The molecule has 0 aromatic heterocycles. The largest absolute Gasteiger partial charge is 0.378 e. The molecule has 0 saturated carbocycles. The van der Waals surface area contributed by atoms with Crippen LogP contribution in [0.5, 0.6) is 0 Å². The number of carbonyl (C=O) groups excluding carboxylic acids is 1. The third kappa shape index (κ3) is 5.99. The second-order valence-electron chi connectivity index (χ2n) is 4.49. The summed E-state index contributed by atoms with van der Waals surface area (Å²) in [5.41, 5.74) is -0.123. The van der Waals surface area contributed by atoms with Crippen LogP contribution in [0.25, 0.3) is 0 Å². The van der Waals surface area contributed by atoms with Crippen LogP contribution in [0.3, 0.4) is 0 Å². The Morgan fingerprint density at radius 2 is 2.05 bits per heavy atom. The molecule has 0 unspecified atom stereocenters. The number of ether oxygens (including phenoxy) is 1. The predicted octanol–water partition coefficient (Wildman–Crippen LogP) is 2.57. The van der Waals surface area contributed by atoms with E-state index in [-0.39, 0.29) is 10.6 Å². The van der Waals surface area contributed by atoms with Crippen molar-refractivity contribution in [2.75, 3.05) is 39.4 Å². The van der Waals surface area contributed by atoms with E-state index in [4.69, 9.17) is 16.3 Å². The van der Waals surface area contributed by atoms with Crippen molar-refractivity contribution < 1.29 is 13.9 Å². The van der Waals surface area contributed by atoms with E-state index >= 15 is 0 Å². The third-order valence-electron chi connectivity index (χ3n) is 3.17. The Balaban J connectivity index is 2.25. The first-order chi connectivity index (χ1) is 10.1. The molecular formula is C15H22ClFN2O2. The lowest BCUT2D eigenvalue weighted by Gasteiger charge is -2.17. The number of rotatable bonds is 9. The molecule has 1 rings (SSSR count). The zero-order chi connectivity index (χ0) is 15.7. The summed E-state index contributed by atoms with van der Waals surface area (Å²) in [5, 5.41) is 2.70. The van der Waals surface area contributed by atoms with Crippen LogP contribution in [0, 0.1) is 5.82 Å². The van der Waals surface area contributed by atoms with E-state index in [0.717, 1.165) is 19.6 Å². The van der Waals surface area contributed by atoms with E-state index in [1.165, 1.54) is 18.2 Å². The van der Waals surface area contributed by atoms with Crippen LogP contribution < -0.4 is 5.32 Å². The van der Waals surface area contributed by atoms with Gasteiger partial charge in [-0.25, -0.2) is 4.39 Å². The average Bonchev–Trinajstić information content (AvgIpc) is 2.46. The van der Waals surface area contributed by atoms with Crippen molar-refractivity contribution in [3.8, 4) is 0 Å². The fraction of sp³-hybridized carbons (Fsp3) is 0.533. The van der Waals surface area contributed by atoms with Gasteiger partial charge in [0.1, 0.15) is 5.82 Å². The highest BCUT2D eigenvalue weighted by atomic mass is 35.5. The number of benzene rings is 1. The number of hydrogen-bond acceptors (Lipinski definition) is 3. The van der Waals surface area contributed by atoms with Gasteiger partial charge in [0, 0.05) is 13.1 Å². The van der Waals surface area contributed by atoms with E-state index in [2.05, 4.69) is 24.1 Å². The number of hydrogen-bond donors (Lipinski definition) is 1. The number of nitrogens with one attached hydrogen (secondary N) is 1. The molecule has 0 aliphatic heterocycles. The lowest BCUT2D eigenvalue weighted by atomic mass is 10.2. The van der Waals surface area contributed by atoms with Crippen molar-refractivity contribution >= 4 is 17.5 Å². The van der Waals surface area contributed by atoms with Gasteiger partial charge in [0.15, 0.2) is 0 Å². The molecule has 1 amide bonds. The second-order valence-corrected chi connectivity index (χ2v) is 4.90. The van der Waals surface area contributed by atoms with E-state index in [1.807, 2.05) is 0 Å². The van der Waals surface area contributed by atoms with Gasteiger partial charge in [-0.15, -0.1) is 0 Å². The van der Waals surface area contributed by atoms with Crippen molar-refractivity contribution in [3.63, 3.8) is 0 Å². The van der Waals surface area contributed by atoms with Crippen LogP contribution in [-0.2, 0) is 4.74 Å². The summed E-state index contributed by atoms with van der Waals surface area (Å²) in [6.07, 6.45) is 0. The highest BCUT2D eigenvalue weighted by Crippen LogP contribution is 2.18. The fourth-order valence-electron chi connectivity index (χ4n) is 1.88. The molecule has 1 aromatic carbocycles. The molecule has 4 nitrogen and oxygen atoms in total.